The number of aryl methyl sites for hydroxylation is 1. The number of nitrogens with zero attached hydrogens (tertiary/aromatic N) is 3. The van der Waals surface area contributed by atoms with Crippen LogP contribution in [0.5, 0.6) is 0 Å². The van der Waals surface area contributed by atoms with Crippen LogP contribution in [-0.2, 0) is 47.4 Å². The van der Waals surface area contributed by atoms with Gasteiger partial charge in [-0.2, -0.15) is 18.3 Å². The van der Waals surface area contributed by atoms with Crippen LogP contribution < -0.4 is 5.73 Å². The molecular weight excluding hydrogens is 445 g/mol. The highest BCUT2D eigenvalue weighted by Crippen LogP contribution is 2.51. The Morgan fingerprint density at radius 1 is 1.47 bits per heavy atom. The van der Waals surface area contributed by atoms with E-state index >= 15 is 0 Å². The highest BCUT2D eigenvalue weighted by molar-refractivity contribution is 7.12. The molecule has 32 heavy (non-hydrogen) atoms. The molecule has 7 nitrogen and oxygen atoms in total. The quantitative estimate of drug-likeness (QED) is 0.675. The standard InChI is InChI=1S/C21H27F3N4O3S/c1-13-8-20(4-6-27(13)10-14-9-26-28(11-14)5-2-17(25)30)18-15(3-7-31-20)16(12-29)19(32-18)21(22,23)24/h9,11,13,29H,2-8,10,12H2,1H3,(H2,25,30)/t13-,20+/m0/s1. The lowest BCUT2D eigenvalue weighted by Gasteiger charge is -2.47. The molecule has 0 unspecified atom stereocenters. The number of piperidine rings is 1. The average Bonchev–Trinajstić information content (AvgIpc) is 3.33. The first kappa shape index (κ1) is 23.2. The van der Waals surface area contributed by atoms with Crippen molar-refractivity contribution in [2.24, 2.45) is 5.73 Å². The Morgan fingerprint density at radius 2 is 2.25 bits per heavy atom. The van der Waals surface area contributed by atoms with Crippen LogP contribution >= 0.6 is 11.3 Å². The minimum absolute atomic E-state index is 0.0126. The van der Waals surface area contributed by atoms with Crippen molar-refractivity contribution in [3.63, 3.8) is 0 Å². The number of rotatable bonds is 6. The SMILES string of the molecule is C[C@H]1C[C@@]2(CCN1Cc1cnn(CCC(N)=O)c1)OCCc1c2sc(C(F)(F)F)c1CO. The second-order valence-electron chi connectivity index (χ2n) is 8.57. The molecule has 2 atom stereocenters. The van der Waals surface area contributed by atoms with E-state index in [1.807, 2.05) is 6.20 Å². The number of carbonyl (C=O) groups is 1. The summed E-state index contributed by atoms with van der Waals surface area (Å²) in [6.45, 7) is 3.55. The van der Waals surface area contributed by atoms with Crippen molar-refractivity contribution in [3.8, 4) is 0 Å². The number of carbonyl (C=O) groups excluding carboxylic acids is 1. The third-order valence-electron chi connectivity index (χ3n) is 6.39. The zero-order chi connectivity index (χ0) is 23.1. The smallest absolute Gasteiger partial charge is 0.392 e. The molecule has 1 spiro atoms. The number of primary amides is 1. The molecule has 4 heterocycles. The molecule has 0 radical (unpaired) electrons. The number of alkyl halides is 3. The van der Waals surface area contributed by atoms with E-state index in [-0.39, 0.29) is 23.9 Å². The van der Waals surface area contributed by atoms with E-state index in [4.69, 9.17) is 10.5 Å². The Kier molecular flexibility index (Phi) is 6.36. The fourth-order valence-electron chi connectivity index (χ4n) is 4.84. The molecule has 0 aliphatic carbocycles. The maximum Gasteiger partial charge on any atom is 0.425 e. The highest BCUT2D eigenvalue weighted by Gasteiger charge is 2.48. The number of hydrogen-bond acceptors (Lipinski definition) is 6. The lowest BCUT2D eigenvalue weighted by Crippen LogP contribution is -2.50. The number of aliphatic hydroxyl groups is 1. The zero-order valence-electron chi connectivity index (χ0n) is 17.8. The van der Waals surface area contributed by atoms with Crippen LogP contribution in [0.3, 0.4) is 0 Å². The van der Waals surface area contributed by atoms with Gasteiger partial charge in [-0.05, 0) is 31.7 Å². The van der Waals surface area contributed by atoms with Gasteiger partial charge in [-0.15, -0.1) is 11.3 Å². The second kappa shape index (κ2) is 8.77. The average molecular weight is 473 g/mol. The largest absolute Gasteiger partial charge is 0.425 e. The van der Waals surface area contributed by atoms with Gasteiger partial charge in [0.15, 0.2) is 0 Å². The molecule has 0 saturated carbocycles. The van der Waals surface area contributed by atoms with E-state index < -0.39 is 23.3 Å². The molecule has 1 saturated heterocycles. The summed E-state index contributed by atoms with van der Waals surface area (Å²) in [5.41, 5.74) is 6.07. The second-order valence-corrected chi connectivity index (χ2v) is 9.59. The molecular formula is C21H27F3N4O3S. The van der Waals surface area contributed by atoms with Gasteiger partial charge in [0.05, 0.1) is 19.4 Å². The van der Waals surface area contributed by atoms with Crippen molar-refractivity contribution in [1.29, 1.82) is 0 Å². The summed E-state index contributed by atoms with van der Waals surface area (Å²) >= 11 is 0.738. The van der Waals surface area contributed by atoms with Crippen molar-refractivity contribution < 1.29 is 27.8 Å². The first-order chi connectivity index (χ1) is 15.1. The number of hydrogen-bond donors (Lipinski definition) is 2. The maximum absolute atomic E-state index is 13.6. The van der Waals surface area contributed by atoms with Crippen molar-refractivity contribution in [2.45, 2.75) is 70.1 Å². The van der Waals surface area contributed by atoms with Crippen LogP contribution in [0.2, 0.25) is 0 Å². The van der Waals surface area contributed by atoms with Gasteiger partial charge in [-0.3, -0.25) is 14.4 Å². The monoisotopic (exact) mass is 472 g/mol. The van der Waals surface area contributed by atoms with Crippen LogP contribution in [0.1, 0.15) is 52.6 Å². The van der Waals surface area contributed by atoms with Crippen LogP contribution in [0.4, 0.5) is 13.2 Å². The topological polar surface area (TPSA) is 93.6 Å². The number of halogens is 3. The molecule has 1 fully saturated rings. The minimum Gasteiger partial charge on any atom is -0.392 e. The molecule has 4 rings (SSSR count). The highest BCUT2D eigenvalue weighted by atomic mass is 32.1. The Labute approximate surface area is 187 Å². The molecule has 2 aromatic heterocycles. The summed E-state index contributed by atoms with van der Waals surface area (Å²) in [7, 11) is 0. The summed E-state index contributed by atoms with van der Waals surface area (Å²) < 4.78 is 48.6. The lowest BCUT2D eigenvalue weighted by molar-refractivity contribution is -0.135. The van der Waals surface area contributed by atoms with E-state index in [0.717, 1.165) is 16.9 Å². The van der Waals surface area contributed by atoms with Crippen molar-refractivity contribution >= 4 is 17.2 Å². The van der Waals surface area contributed by atoms with Gasteiger partial charge in [0.1, 0.15) is 10.5 Å². The number of ether oxygens (including phenoxy) is 1. The molecule has 3 N–H and O–H groups in total. The Morgan fingerprint density at radius 3 is 2.91 bits per heavy atom. The molecule has 2 aliphatic rings. The van der Waals surface area contributed by atoms with Gasteiger partial charge in [0.2, 0.25) is 5.91 Å². The normalized spacial score (nSPS) is 24.1. The van der Waals surface area contributed by atoms with E-state index in [0.29, 0.717) is 55.9 Å². The number of thiophene rings is 1. The van der Waals surface area contributed by atoms with Crippen LogP contribution in [-0.4, -0.2) is 44.9 Å². The van der Waals surface area contributed by atoms with Crippen LogP contribution in [0.25, 0.3) is 0 Å². The van der Waals surface area contributed by atoms with Crippen molar-refractivity contribution in [3.05, 3.63) is 38.8 Å². The van der Waals surface area contributed by atoms with Gasteiger partial charge >= 0.3 is 6.18 Å². The number of likely N-dealkylation sites (tertiary alicyclic amines) is 1. The summed E-state index contributed by atoms with van der Waals surface area (Å²) in [5, 5.41) is 13.9. The van der Waals surface area contributed by atoms with Gasteiger partial charge in [-0.1, -0.05) is 0 Å². The van der Waals surface area contributed by atoms with E-state index in [1.165, 1.54) is 0 Å². The molecule has 176 valence electrons. The number of aromatic nitrogens is 2. The molecule has 2 aromatic rings. The maximum atomic E-state index is 13.6. The molecule has 1 amide bonds. The van der Waals surface area contributed by atoms with E-state index in [9.17, 15) is 23.1 Å². The predicted octanol–water partition coefficient (Wildman–Crippen LogP) is 2.78. The number of nitrogens with two attached hydrogens (primary N) is 1. The van der Waals surface area contributed by atoms with Gasteiger partial charge in [0.25, 0.3) is 0 Å². The molecule has 0 bridgehead atoms. The molecule has 0 aromatic carbocycles. The Balaban J connectivity index is 1.50. The number of fused-ring (bicyclic) bond motifs is 2. The fraction of sp³-hybridized carbons (Fsp3) is 0.619. The van der Waals surface area contributed by atoms with Gasteiger partial charge in [0, 0.05) is 54.3 Å². The number of amides is 1. The summed E-state index contributed by atoms with van der Waals surface area (Å²) in [5.74, 6) is -0.379. The summed E-state index contributed by atoms with van der Waals surface area (Å²) in [6.07, 6.45) is 0.944. The Bertz CT molecular complexity index is 990. The predicted molar refractivity (Wildman–Crippen MR) is 112 cm³/mol. The summed E-state index contributed by atoms with van der Waals surface area (Å²) in [4.78, 5) is 13.2. The zero-order valence-corrected chi connectivity index (χ0v) is 18.6. The van der Waals surface area contributed by atoms with E-state index in [2.05, 4.69) is 16.9 Å². The first-order valence-corrected chi connectivity index (χ1v) is 11.5. The molecule has 11 heteroatoms. The Hall–Kier alpha value is -1.95. The van der Waals surface area contributed by atoms with Crippen molar-refractivity contribution in [2.75, 3.05) is 13.2 Å². The van der Waals surface area contributed by atoms with Gasteiger partial charge in [-0.25, -0.2) is 0 Å². The number of aliphatic hydroxyl groups excluding tert-OH is 1. The third-order valence-corrected chi connectivity index (χ3v) is 7.89. The van der Waals surface area contributed by atoms with Gasteiger partial charge < -0.3 is 15.6 Å². The van der Waals surface area contributed by atoms with Crippen LogP contribution in [0.15, 0.2) is 12.4 Å². The minimum atomic E-state index is -4.48. The van der Waals surface area contributed by atoms with Crippen LogP contribution in [0, 0.1) is 0 Å². The molecule has 2 aliphatic heterocycles. The lowest BCUT2D eigenvalue weighted by atomic mass is 9.81. The van der Waals surface area contributed by atoms with Crippen molar-refractivity contribution in [1.82, 2.24) is 14.7 Å². The third kappa shape index (κ3) is 4.43. The van der Waals surface area contributed by atoms with E-state index in [1.54, 1.807) is 10.9 Å². The fourth-order valence-corrected chi connectivity index (χ4v) is 6.25. The summed E-state index contributed by atoms with van der Waals surface area (Å²) in [6, 6.07) is 0.0812. The first-order valence-electron chi connectivity index (χ1n) is 10.6.